The van der Waals surface area contributed by atoms with Crippen LogP contribution in [0.5, 0.6) is 0 Å². The van der Waals surface area contributed by atoms with Crippen molar-refractivity contribution >= 4 is 86.6 Å². The van der Waals surface area contributed by atoms with Crippen LogP contribution in [-0.2, 0) is 55.1 Å². The van der Waals surface area contributed by atoms with E-state index in [0.717, 1.165) is 0 Å². The van der Waals surface area contributed by atoms with Gasteiger partial charge in [0.25, 0.3) is 0 Å². The maximum Gasteiger partial charge on any atom is 2.00 e. The van der Waals surface area contributed by atoms with Gasteiger partial charge in [-0.15, -0.1) is 0 Å². The Balaban J connectivity index is 0. The van der Waals surface area contributed by atoms with Crippen molar-refractivity contribution in [3.05, 3.63) is 0 Å². The Kier molecular flexibility index (Phi) is 491. The Bertz CT molecular complexity index is 43.1. The molecule has 0 bridgehead atoms. The van der Waals surface area contributed by atoms with Crippen molar-refractivity contribution in [1.82, 2.24) is 0 Å². The third-order valence-corrected chi connectivity index (χ3v) is 0. The number of hydrogen-bond donors (Lipinski definition) is 0. The summed E-state index contributed by atoms with van der Waals surface area (Å²) in [6.45, 7) is 0. The fraction of sp³-hybridized carbons (Fsp3) is 0. The second-order valence-electron chi connectivity index (χ2n) is 0. The van der Waals surface area contributed by atoms with E-state index in [1.54, 1.807) is 0 Å². The van der Waals surface area contributed by atoms with Crippen LogP contribution >= 0.6 is 0 Å². The summed E-state index contributed by atoms with van der Waals surface area (Å²) in [5.41, 5.74) is 0. The standard InChI is InChI=1S/Al.B.Ca.K.Mg.Mn.Na.V.Zn.6H/q;;+2;+1;+2;;+1;;;6*-1. The van der Waals surface area contributed by atoms with Gasteiger partial charge >= 0.3 is 142 Å². The predicted octanol–water partition coefficient (Wildman–Crippen LogP) is -6.85. The minimum absolute atomic E-state index is 0. The molecule has 0 fully saturated rings. The Morgan fingerprint density at radius 2 is 1.11 bits per heavy atom. The summed E-state index contributed by atoms with van der Waals surface area (Å²) in [5, 5.41) is 0. The smallest absolute Gasteiger partial charge is 1.00 e. The molecule has 0 N–H and O–H groups in total. The normalized spacial score (nSPS) is 0. The molecular weight excluding hydrogens is 336 g/mol. The second kappa shape index (κ2) is 60.1. The van der Waals surface area contributed by atoms with Gasteiger partial charge in [-0.05, 0) is 0 Å². The van der Waals surface area contributed by atoms with Crippen molar-refractivity contribution in [3.63, 3.8) is 0 Å². The summed E-state index contributed by atoms with van der Waals surface area (Å²) in [6, 6.07) is 0. The first-order chi connectivity index (χ1) is 0. The van der Waals surface area contributed by atoms with Gasteiger partial charge in [-0.2, -0.15) is 0 Å². The van der Waals surface area contributed by atoms with E-state index in [1.807, 2.05) is 0 Å². The van der Waals surface area contributed by atoms with Gasteiger partial charge in [-0.1, -0.05) is 0 Å². The molecule has 0 rings (SSSR count). The zero-order valence-electron chi connectivity index (χ0n) is 12.1. The largest absolute Gasteiger partial charge is 2.00 e. The molecule has 9 heteroatoms. The van der Waals surface area contributed by atoms with E-state index in [4.69, 9.17) is 0 Å². The predicted molar refractivity (Wildman–Crippen MR) is 29.7 cm³/mol. The molecule has 0 aliphatic carbocycles. The van der Waals surface area contributed by atoms with Crippen molar-refractivity contribution in [2.24, 2.45) is 0 Å². The van der Waals surface area contributed by atoms with Crippen LogP contribution in [0.3, 0.4) is 0 Å². The Hall–Kier alpha value is 6.99. The second-order valence-corrected chi connectivity index (χ2v) is 0. The molecule has 0 aromatic heterocycles. The van der Waals surface area contributed by atoms with Crippen LogP contribution in [0.15, 0.2) is 0 Å². The van der Waals surface area contributed by atoms with Crippen molar-refractivity contribution in [2.75, 3.05) is 0 Å². The third-order valence-electron chi connectivity index (χ3n) is 0. The summed E-state index contributed by atoms with van der Waals surface area (Å²) < 4.78 is 0. The maximum atomic E-state index is 0. The summed E-state index contributed by atoms with van der Waals surface area (Å²) in [7, 11) is 0. The van der Waals surface area contributed by atoms with Gasteiger partial charge in [0.15, 0.2) is 0 Å². The van der Waals surface area contributed by atoms with Gasteiger partial charge in [-0.3, -0.25) is 0 Å². The quantitative estimate of drug-likeness (QED) is 0.384. The van der Waals surface area contributed by atoms with Gasteiger partial charge in [0.1, 0.15) is 0 Å². The minimum Gasteiger partial charge on any atom is -1.00 e. The summed E-state index contributed by atoms with van der Waals surface area (Å²) >= 11 is 0. The summed E-state index contributed by atoms with van der Waals surface area (Å²) in [6.07, 6.45) is 0. The van der Waals surface area contributed by atoms with Crippen LogP contribution in [0.25, 0.3) is 0 Å². The Morgan fingerprint density at radius 1 is 1.11 bits per heavy atom. The molecule has 0 aliphatic rings. The molecule has 0 unspecified atom stereocenters. The van der Waals surface area contributed by atoms with Crippen molar-refractivity contribution in [3.8, 4) is 0 Å². The first-order valence-electron chi connectivity index (χ1n) is 0. The van der Waals surface area contributed by atoms with Crippen LogP contribution in [0.4, 0.5) is 0 Å². The first-order valence-corrected chi connectivity index (χ1v) is 0. The fourth-order valence-corrected chi connectivity index (χ4v) is 0. The zero-order chi connectivity index (χ0) is 0. The van der Waals surface area contributed by atoms with Gasteiger partial charge in [0.2, 0.25) is 0 Å². The third kappa shape index (κ3) is 51.8. The first kappa shape index (κ1) is 73.6. The van der Waals surface area contributed by atoms with Gasteiger partial charge in [-0.25, -0.2) is 0 Å². The number of hydrogen-bond acceptors (Lipinski definition) is 0. The molecule has 0 aliphatic heterocycles. The summed E-state index contributed by atoms with van der Waals surface area (Å²) in [5.74, 6) is 0. The van der Waals surface area contributed by atoms with Crippen LogP contribution < -0.4 is 80.9 Å². The zero-order valence-corrected chi connectivity index (χ0v) is 21.5. The molecule has 0 saturated carbocycles. The van der Waals surface area contributed by atoms with E-state index >= 15 is 0 Å². The molecule has 0 heterocycles. The summed E-state index contributed by atoms with van der Waals surface area (Å²) in [4.78, 5) is 0. The molecule has 0 nitrogen and oxygen atoms in total. The van der Waals surface area contributed by atoms with E-state index in [0.29, 0.717) is 0 Å². The van der Waals surface area contributed by atoms with Crippen molar-refractivity contribution in [2.45, 2.75) is 0 Å². The van der Waals surface area contributed by atoms with Crippen LogP contribution in [0.2, 0.25) is 0 Å². The minimum atomic E-state index is 0. The molecule has 0 aromatic carbocycles. The van der Waals surface area contributed by atoms with E-state index < -0.39 is 0 Å². The molecule has 32 valence electrons. The van der Waals surface area contributed by atoms with Gasteiger partial charge in [0.05, 0.1) is 0 Å². The Labute approximate surface area is 225 Å². The average Bonchev–Trinajstić information content (AvgIpc) is 0. The SMILES string of the molecule is [Al].[B].[Ca+2].[H-].[H-].[H-].[H-].[H-].[H-].[K+].[Mg+2].[Mn].[Na+].[V].[Zn]. The molecule has 8 radical (unpaired) electrons. The van der Waals surface area contributed by atoms with Gasteiger partial charge < -0.3 is 8.56 Å². The van der Waals surface area contributed by atoms with Crippen molar-refractivity contribution in [1.29, 1.82) is 0 Å². The maximum absolute atomic E-state index is 0. The van der Waals surface area contributed by atoms with E-state index in [-0.39, 0.29) is 231 Å². The Morgan fingerprint density at radius 3 is 1.11 bits per heavy atom. The molecular formula is H6AlBCaKMgMnNaVZn. The topological polar surface area (TPSA) is 0 Å². The molecule has 9 heavy (non-hydrogen) atoms. The molecule has 0 amide bonds. The molecule has 0 saturated heterocycles. The van der Waals surface area contributed by atoms with Crippen LogP contribution in [0.1, 0.15) is 8.56 Å². The fourth-order valence-electron chi connectivity index (χ4n) is 0. The molecule has 0 spiro atoms. The van der Waals surface area contributed by atoms with Gasteiger partial charge in [0, 0.05) is 80.9 Å². The van der Waals surface area contributed by atoms with Crippen molar-refractivity contribution < 1.29 is 145 Å². The average molecular weight is 342 g/mol. The van der Waals surface area contributed by atoms with Crippen LogP contribution in [-0.4, -0.2) is 86.6 Å². The van der Waals surface area contributed by atoms with E-state index in [2.05, 4.69) is 0 Å². The monoisotopic (exact) mass is 340 g/mol. The van der Waals surface area contributed by atoms with E-state index in [1.165, 1.54) is 0 Å². The molecule has 0 atom stereocenters. The van der Waals surface area contributed by atoms with E-state index in [9.17, 15) is 0 Å². The molecule has 0 aromatic rings. The van der Waals surface area contributed by atoms with Crippen LogP contribution in [0, 0.1) is 0 Å². The number of rotatable bonds is 0.